The summed E-state index contributed by atoms with van der Waals surface area (Å²) in [6.07, 6.45) is 1.29. The molecule has 0 saturated heterocycles. The Morgan fingerprint density at radius 3 is 2.40 bits per heavy atom. The Labute approximate surface area is 118 Å². The van der Waals surface area contributed by atoms with Crippen LogP contribution in [0.4, 0.5) is 17.1 Å². The van der Waals surface area contributed by atoms with E-state index in [4.69, 9.17) is 11.5 Å². The molecule has 1 aliphatic rings. The maximum Gasteiger partial charge on any atom is 0.227 e. The summed E-state index contributed by atoms with van der Waals surface area (Å²) in [6, 6.07) is 13.3. The number of benzene rings is 2. The van der Waals surface area contributed by atoms with Crippen LogP contribution in [0.3, 0.4) is 0 Å². The van der Waals surface area contributed by atoms with Crippen molar-refractivity contribution in [1.82, 2.24) is 0 Å². The van der Waals surface area contributed by atoms with E-state index >= 15 is 0 Å². The minimum atomic E-state index is 0.152. The van der Waals surface area contributed by atoms with Crippen LogP contribution >= 0.6 is 0 Å². The van der Waals surface area contributed by atoms with Gasteiger partial charge in [-0.3, -0.25) is 4.79 Å². The molecule has 0 radical (unpaired) electrons. The van der Waals surface area contributed by atoms with Gasteiger partial charge in [-0.25, -0.2) is 0 Å². The molecule has 4 nitrogen and oxygen atoms in total. The van der Waals surface area contributed by atoms with E-state index in [-0.39, 0.29) is 5.91 Å². The Morgan fingerprint density at radius 1 is 0.950 bits per heavy atom. The number of carbonyl (C=O) groups excluding carboxylic acids is 1. The highest BCUT2D eigenvalue weighted by atomic mass is 16.2. The second-order valence-electron chi connectivity index (χ2n) is 5.11. The van der Waals surface area contributed by atoms with Crippen molar-refractivity contribution in [3.05, 3.63) is 53.6 Å². The number of nitrogens with zero attached hydrogens (tertiary/aromatic N) is 1. The summed E-state index contributed by atoms with van der Waals surface area (Å²) in [6.45, 7) is 0.566. The first kappa shape index (κ1) is 12.5. The molecule has 1 heterocycles. The van der Waals surface area contributed by atoms with Crippen molar-refractivity contribution < 1.29 is 4.79 Å². The van der Waals surface area contributed by atoms with Gasteiger partial charge in [0.05, 0.1) is 6.54 Å². The van der Waals surface area contributed by atoms with Crippen LogP contribution in [0.15, 0.2) is 42.5 Å². The first-order chi connectivity index (χ1) is 9.63. The lowest BCUT2D eigenvalue weighted by Crippen LogP contribution is -2.34. The van der Waals surface area contributed by atoms with E-state index in [2.05, 4.69) is 0 Å². The van der Waals surface area contributed by atoms with Crippen molar-refractivity contribution >= 4 is 23.0 Å². The third-order valence-electron chi connectivity index (χ3n) is 3.62. The average molecular weight is 267 g/mol. The highest BCUT2D eigenvalue weighted by Crippen LogP contribution is 2.30. The first-order valence-electron chi connectivity index (χ1n) is 6.66. The summed E-state index contributed by atoms with van der Waals surface area (Å²) < 4.78 is 0. The fraction of sp³-hybridized carbons (Fsp3) is 0.188. The van der Waals surface area contributed by atoms with Crippen LogP contribution in [0.2, 0.25) is 0 Å². The van der Waals surface area contributed by atoms with E-state index in [9.17, 15) is 4.79 Å². The van der Waals surface area contributed by atoms with Gasteiger partial charge in [0.15, 0.2) is 0 Å². The quantitative estimate of drug-likeness (QED) is 0.820. The Bertz CT molecular complexity index is 649. The molecule has 0 aliphatic carbocycles. The largest absolute Gasteiger partial charge is 0.399 e. The number of carbonyl (C=O) groups is 1. The monoisotopic (exact) mass is 267 g/mol. The van der Waals surface area contributed by atoms with E-state index in [0.29, 0.717) is 13.0 Å². The molecule has 102 valence electrons. The van der Waals surface area contributed by atoms with Crippen LogP contribution in [-0.2, 0) is 17.8 Å². The summed E-state index contributed by atoms with van der Waals surface area (Å²) >= 11 is 0. The molecule has 0 atom stereocenters. The topological polar surface area (TPSA) is 72.3 Å². The van der Waals surface area contributed by atoms with E-state index in [1.54, 1.807) is 0 Å². The number of amides is 1. The van der Waals surface area contributed by atoms with Gasteiger partial charge in [-0.1, -0.05) is 12.1 Å². The number of fused-ring (bicyclic) bond motifs is 1. The van der Waals surface area contributed by atoms with Crippen LogP contribution in [0.5, 0.6) is 0 Å². The molecule has 0 unspecified atom stereocenters. The number of anilines is 3. The van der Waals surface area contributed by atoms with Crippen LogP contribution < -0.4 is 16.4 Å². The van der Waals surface area contributed by atoms with Crippen LogP contribution in [-0.4, -0.2) is 5.91 Å². The lowest BCUT2D eigenvalue weighted by molar-refractivity contribution is -0.119. The van der Waals surface area contributed by atoms with Crippen molar-refractivity contribution in [3.63, 3.8) is 0 Å². The zero-order chi connectivity index (χ0) is 14.1. The molecule has 3 rings (SSSR count). The van der Waals surface area contributed by atoms with Crippen molar-refractivity contribution in [2.75, 3.05) is 16.4 Å². The fourth-order valence-corrected chi connectivity index (χ4v) is 2.56. The van der Waals surface area contributed by atoms with Gasteiger partial charge < -0.3 is 16.4 Å². The highest BCUT2D eigenvalue weighted by Gasteiger charge is 2.24. The summed E-state index contributed by atoms with van der Waals surface area (Å²) in [5.74, 6) is 0.152. The molecule has 0 aromatic heterocycles. The minimum absolute atomic E-state index is 0.152. The van der Waals surface area contributed by atoms with Gasteiger partial charge in [0.2, 0.25) is 5.91 Å². The SMILES string of the molecule is Nc1ccc(CN2C(=O)CCc3cc(N)ccc32)cc1. The summed E-state index contributed by atoms with van der Waals surface area (Å²) in [4.78, 5) is 14.0. The normalized spacial score (nSPS) is 14.2. The van der Waals surface area contributed by atoms with E-state index in [1.165, 1.54) is 0 Å². The predicted octanol–water partition coefficient (Wildman–Crippen LogP) is 2.33. The van der Waals surface area contributed by atoms with Crippen molar-refractivity contribution in [1.29, 1.82) is 0 Å². The molecule has 2 aromatic rings. The molecule has 2 aromatic carbocycles. The molecular formula is C16H17N3O. The average Bonchev–Trinajstić information content (AvgIpc) is 2.44. The van der Waals surface area contributed by atoms with Gasteiger partial charge in [-0.05, 0) is 47.9 Å². The maximum absolute atomic E-state index is 12.2. The second-order valence-corrected chi connectivity index (χ2v) is 5.11. The first-order valence-corrected chi connectivity index (χ1v) is 6.66. The number of nitrogen functional groups attached to an aromatic ring is 2. The molecule has 4 heteroatoms. The van der Waals surface area contributed by atoms with Crippen LogP contribution in [0.25, 0.3) is 0 Å². The molecule has 4 N–H and O–H groups in total. The minimum Gasteiger partial charge on any atom is -0.399 e. The fourth-order valence-electron chi connectivity index (χ4n) is 2.56. The molecule has 1 amide bonds. The van der Waals surface area contributed by atoms with Gasteiger partial charge in [0.1, 0.15) is 0 Å². The number of nitrogens with two attached hydrogens (primary N) is 2. The van der Waals surface area contributed by atoms with Crippen LogP contribution in [0.1, 0.15) is 17.5 Å². The van der Waals surface area contributed by atoms with Gasteiger partial charge in [-0.15, -0.1) is 0 Å². The molecule has 0 bridgehead atoms. The molecular weight excluding hydrogens is 250 g/mol. The number of hydrogen-bond donors (Lipinski definition) is 2. The van der Waals surface area contributed by atoms with Gasteiger partial charge in [0, 0.05) is 23.5 Å². The van der Waals surface area contributed by atoms with Crippen molar-refractivity contribution in [3.8, 4) is 0 Å². The molecule has 0 spiro atoms. The summed E-state index contributed by atoms with van der Waals surface area (Å²) in [7, 11) is 0. The summed E-state index contributed by atoms with van der Waals surface area (Å²) in [5, 5.41) is 0. The maximum atomic E-state index is 12.2. The van der Waals surface area contributed by atoms with Crippen molar-refractivity contribution in [2.45, 2.75) is 19.4 Å². The highest BCUT2D eigenvalue weighted by molar-refractivity contribution is 5.96. The Balaban J connectivity index is 1.93. The zero-order valence-electron chi connectivity index (χ0n) is 11.2. The molecule has 20 heavy (non-hydrogen) atoms. The molecule has 0 fully saturated rings. The number of aryl methyl sites for hydroxylation is 1. The Hall–Kier alpha value is -2.49. The smallest absolute Gasteiger partial charge is 0.227 e. The van der Waals surface area contributed by atoms with Gasteiger partial charge >= 0.3 is 0 Å². The molecule has 1 aliphatic heterocycles. The second kappa shape index (κ2) is 4.89. The zero-order valence-corrected chi connectivity index (χ0v) is 11.2. The van der Waals surface area contributed by atoms with Gasteiger partial charge in [-0.2, -0.15) is 0 Å². The third-order valence-corrected chi connectivity index (χ3v) is 3.62. The van der Waals surface area contributed by atoms with Crippen molar-refractivity contribution in [2.24, 2.45) is 0 Å². The number of hydrogen-bond acceptors (Lipinski definition) is 3. The Kier molecular flexibility index (Phi) is 3.06. The lowest BCUT2D eigenvalue weighted by Gasteiger charge is -2.29. The van der Waals surface area contributed by atoms with E-state index in [1.807, 2.05) is 47.4 Å². The third kappa shape index (κ3) is 2.32. The Morgan fingerprint density at radius 2 is 1.65 bits per heavy atom. The van der Waals surface area contributed by atoms with E-state index in [0.717, 1.165) is 34.6 Å². The molecule has 0 saturated carbocycles. The van der Waals surface area contributed by atoms with Crippen LogP contribution in [0, 0.1) is 0 Å². The lowest BCUT2D eigenvalue weighted by atomic mass is 10.00. The number of rotatable bonds is 2. The standard InChI is InChI=1S/C16H17N3O/c17-13-4-1-11(2-5-13)10-19-15-7-6-14(18)9-12(15)3-8-16(19)20/h1-2,4-7,9H,3,8,10,17-18H2. The summed E-state index contributed by atoms with van der Waals surface area (Å²) in [5.41, 5.74) is 16.1. The predicted molar refractivity (Wildman–Crippen MR) is 81.2 cm³/mol. The van der Waals surface area contributed by atoms with Gasteiger partial charge in [0.25, 0.3) is 0 Å². The van der Waals surface area contributed by atoms with E-state index < -0.39 is 0 Å².